The van der Waals surface area contributed by atoms with Crippen molar-refractivity contribution in [3.8, 4) is 0 Å². The minimum atomic E-state index is 0.616. The van der Waals surface area contributed by atoms with E-state index in [0.717, 1.165) is 18.4 Å². The summed E-state index contributed by atoms with van der Waals surface area (Å²) in [7, 11) is 0. The number of hydrogen-bond donors (Lipinski definition) is 1. The lowest BCUT2D eigenvalue weighted by molar-refractivity contribution is 0.452. The smallest absolute Gasteiger partial charge is 0.0363 e. The number of nitrogens with zero attached hydrogens (tertiary/aromatic N) is 1. The third-order valence-corrected chi connectivity index (χ3v) is 4.78. The normalized spacial score (nSPS) is 21.9. The van der Waals surface area contributed by atoms with Crippen molar-refractivity contribution in [1.29, 1.82) is 0 Å². The summed E-state index contributed by atoms with van der Waals surface area (Å²) < 4.78 is 2.44. The second-order valence-corrected chi connectivity index (χ2v) is 6.56. The van der Waals surface area contributed by atoms with Gasteiger partial charge in [-0.3, -0.25) is 0 Å². The fraction of sp³-hybridized carbons (Fsp3) is 0.765. The van der Waals surface area contributed by atoms with Crippen molar-refractivity contribution >= 4 is 0 Å². The Labute approximate surface area is 117 Å². The zero-order chi connectivity index (χ0) is 13.1. The van der Waals surface area contributed by atoms with Crippen LogP contribution in [0.25, 0.3) is 0 Å². The van der Waals surface area contributed by atoms with Gasteiger partial charge in [-0.25, -0.2) is 0 Å². The Bertz CT molecular complexity index is 386. The maximum absolute atomic E-state index is 3.74. The summed E-state index contributed by atoms with van der Waals surface area (Å²) in [6, 6.07) is 2.96. The van der Waals surface area contributed by atoms with Crippen LogP contribution >= 0.6 is 0 Å². The van der Waals surface area contributed by atoms with Gasteiger partial charge in [0.2, 0.25) is 0 Å². The Morgan fingerprint density at radius 1 is 1.26 bits per heavy atom. The van der Waals surface area contributed by atoms with E-state index in [-0.39, 0.29) is 0 Å². The summed E-state index contributed by atoms with van der Waals surface area (Å²) in [6.07, 6.45) is 14.5. The van der Waals surface area contributed by atoms with Gasteiger partial charge in [0.15, 0.2) is 0 Å². The van der Waals surface area contributed by atoms with Gasteiger partial charge in [-0.05, 0) is 62.1 Å². The van der Waals surface area contributed by atoms with Crippen molar-refractivity contribution in [3.05, 3.63) is 24.0 Å². The average Bonchev–Trinajstić information content (AvgIpc) is 2.93. The van der Waals surface area contributed by atoms with Gasteiger partial charge in [0.25, 0.3) is 0 Å². The van der Waals surface area contributed by atoms with Gasteiger partial charge < -0.3 is 9.88 Å². The molecule has 1 unspecified atom stereocenters. The highest BCUT2D eigenvalue weighted by Gasteiger charge is 2.32. The van der Waals surface area contributed by atoms with Crippen LogP contribution in [0.3, 0.4) is 0 Å². The lowest BCUT2D eigenvalue weighted by Crippen LogP contribution is -2.23. The molecule has 2 nitrogen and oxygen atoms in total. The molecule has 3 rings (SSSR count). The summed E-state index contributed by atoms with van der Waals surface area (Å²) in [5.41, 5.74) is 1.52. The van der Waals surface area contributed by atoms with Crippen molar-refractivity contribution in [1.82, 2.24) is 9.88 Å². The molecular weight excluding hydrogens is 232 g/mol. The molecule has 1 aromatic heterocycles. The molecule has 2 fully saturated rings. The van der Waals surface area contributed by atoms with E-state index in [1.807, 2.05) is 0 Å². The first-order valence-electron chi connectivity index (χ1n) is 8.26. The van der Waals surface area contributed by atoms with Crippen molar-refractivity contribution < 1.29 is 0 Å². The highest BCUT2D eigenvalue weighted by molar-refractivity contribution is 5.18. The van der Waals surface area contributed by atoms with Crippen molar-refractivity contribution in [2.45, 2.75) is 64.5 Å². The van der Waals surface area contributed by atoms with Gasteiger partial charge in [-0.2, -0.15) is 0 Å². The highest BCUT2D eigenvalue weighted by atomic mass is 15.0. The molecule has 2 aliphatic carbocycles. The fourth-order valence-corrected chi connectivity index (χ4v) is 3.53. The molecule has 0 aliphatic heterocycles. The topological polar surface area (TPSA) is 17.0 Å². The molecule has 1 heterocycles. The molecule has 0 bridgehead atoms. The molecule has 0 saturated heterocycles. The molecule has 0 spiro atoms. The predicted octanol–water partition coefficient (Wildman–Crippen LogP) is 4.13. The van der Waals surface area contributed by atoms with E-state index < -0.39 is 0 Å². The summed E-state index contributed by atoms with van der Waals surface area (Å²) in [5, 5.41) is 3.74. The minimum absolute atomic E-state index is 0.616. The molecular formula is C17H28N2. The van der Waals surface area contributed by atoms with Gasteiger partial charge in [-0.1, -0.05) is 19.8 Å². The Morgan fingerprint density at radius 3 is 2.74 bits per heavy atom. The zero-order valence-electron chi connectivity index (χ0n) is 12.3. The van der Waals surface area contributed by atoms with Gasteiger partial charge >= 0.3 is 0 Å². The van der Waals surface area contributed by atoms with Crippen LogP contribution in [-0.2, 0) is 6.54 Å². The Hall–Kier alpha value is -0.760. The Morgan fingerprint density at radius 2 is 2.05 bits per heavy atom. The minimum Gasteiger partial charge on any atom is -0.354 e. The monoisotopic (exact) mass is 260 g/mol. The molecule has 106 valence electrons. The van der Waals surface area contributed by atoms with Crippen LogP contribution in [0.4, 0.5) is 0 Å². The largest absolute Gasteiger partial charge is 0.354 e. The third kappa shape index (κ3) is 3.42. The van der Waals surface area contributed by atoms with E-state index in [1.165, 1.54) is 57.1 Å². The lowest BCUT2D eigenvalue weighted by atomic mass is 10.1. The van der Waals surface area contributed by atoms with E-state index in [9.17, 15) is 0 Å². The second-order valence-electron chi connectivity index (χ2n) is 6.56. The number of hydrogen-bond acceptors (Lipinski definition) is 1. The first-order valence-corrected chi connectivity index (χ1v) is 8.26. The maximum atomic E-state index is 3.74. The quantitative estimate of drug-likeness (QED) is 0.780. The van der Waals surface area contributed by atoms with E-state index in [1.54, 1.807) is 0 Å². The molecule has 2 heteroatoms. The molecule has 1 atom stereocenters. The lowest BCUT2D eigenvalue weighted by Gasteiger charge is -2.17. The summed E-state index contributed by atoms with van der Waals surface area (Å²) in [5.74, 6) is 1.83. The predicted molar refractivity (Wildman–Crippen MR) is 80.1 cm³/mol. The third-order valence-electron chi connectivity index (χ3n) is 4.78. The van der Waals surface area contributed by atoms with Gasteiger partial charge in [0.05, 0.1) is 0 Å². The van der Waals surface area contributed by atoms with E-state index in [4.69, 9.17) is 0 Å². The second kappa shape index (κ2) is 6.13. The molecule has 1 N–H and O–H groups in total. The van der Waals surface area contributed by atoms with Gasteiger partial charge in [0.1, 0.15) is 0 Å². The summed E-state index contributed by atoms with van der Waals surface area (Å²) >= 11 is 0. The van der Waals surface area contributed by atoms with E-state index in [0.29, 0.717) is 6.04 Å². The molecule has 0 amide bonds. The molecule has 19 heavy (non-hydrogen) atoms. The molecule has 0 radical (unpaired) electrons. The average molecular weight is 260 g/mol. The number of aromatic nitrogens is 1. The van der Waals surface area contributed by atoms with Crippen molar-refractivity contribution in [2.75, 3.05) is 6.54 Å². The van der Waals surface area contributed by atoms with Gasteiger partial charge in [-0.15, -0.1) is 0 Å². The number of nitrogens with one attached hydrogen (secondary N) is 1. The van der Waals surface area contributed by atoms with Crippen LogP contribution < -0.4 is 5.32 Å². The molecule has 0 aromatic carbocycles. The van der Waals surface area contributed by atoms with Crippen LogP contribution in [0.15, 0.2) is 18.5 Å². The Balaban J connectivity index is 1.61. The zero-order valence-corrected chi connectivity index (χ0v) is 12.3. The van der Waals surface area contributed by atoms with Crippen LogP contribution in [-0.4, -0.2) is 11.1 Å². The van der Waals surface area contributed by atoms with Crippen LogP contribution in [0.1, 0.15) is 63.5 Å². The van der Waals surface area contributed by atoms with Crippen molar-refractivity contribution in [3.63, 3.8) is 0 Å². The molecule has 2 aliphatic rings. The number of rotatable bonds is 7. The summed E-state index contributed by atoms with van der Waals surface area (Å²) in [4.78, 5) is 0. The molecule has 2 saturated carbocycles. The first-order chi connectivity index (χ1) is 9.36. The van der Waals surface area contributed by atoms with E-state index in [2.05, 4.69) is 35.3 Å². The van der Waals surface area contributed by atoms with Crippen LogP contribution in [0.5, 0.6) is 0 Å². The van der Waals surface area contributed by atoms with Crippen LogP contribution in [0, 0.1) is 11.8 Å². The van der Waals surface area contributed by atoms with Crippen LogP contribution in [0.2, 0.25) is 0 Å². The Kier molecular flexibility index (Phi) is 4.27. The highest BCUT2D eigenvalue weighted by Crippen LogP contribution is 2.41. The standard InChI is InChI=1S/C17H28N2/c1-2-10-18-17(15-7-8-15)16-9-11-19(13-16)12-14-5-3-4-6-14/h9,11,13-15,17-18H,2-8,10,12H2,1H3. The van der Waals surface area contributed by atoms with Gasteiger partial charge in [0, 0.05) is 25.0 Å². The molecule has 1 aromatic rings. The first kappa shape index (κ1) is 13.2. The van der Waals surface area contributed by atoms with Crippen molar-refractivity contribution in [2.24, 2.45) is 11.8 Å². The van der Waals surface area contributed by atoms with E-state index >= 15 is 0 Å². The maximum Gasteiger partial charge on any atom is 0.0363 e. The fourth-order valence-electron chi connectivity index (χ4n) is 3.53. The SMILES string of the molecule is CCCNC(c1ccn(CC2CCCC2)c1)C1CC1. The summed E-state index contributed by atoms with van der Waals surface area (Å²) in [6.45, 7) is 4.64.